The summed E-state index contributed by atoms with van der Waals surface area (Å²) in [6.07, 6.45) is 4.45. The number of nitrogens with one attached hydrogen (secondary N) is 1. The van der Waals surface area contributed by atoms with Crippen molar-refractivity contribution < 1.29 is 9.18 Å². The fraction of sp³-hybridized carbons (Fsp3) is 0.381. The first-order chi connectivity index (χ1) is 11.6. The smallest absolute Gasteiger partial charge is 0.227 e. The first kappa shape index (κ1) is 16.7. The fourth-order valence-corrected chi connectivity index (χ4v) is 3.68. The van der Waals surface area contributed by atoms with Crippen molar-refractivity contribution in [2.45, 2.75) is 38.5 Å². The van der Waals surface area contributed by atoms with E-state index in [1.807, 2.05) is 6.92 Å². The number of carbonyl (C=O) groups excluding carboxylic acids is 1. The van der Waals surface area contributed by atoms with Gasteiger partial charge in [0.15, 0.2) is 0 Å². The summed E-state index contributed by atoms with van der Waals surface area (Å²) < 4.78 is 12.9. The second-order valence-electron chi connectivity index (χ2n) is 6.81. The highest BCUT2D eigenvalue weighted by atomic mass is 19.1. The highest BCUT2D eigenvalue weighted by Crippen LogP contribution is 2.38. The molecule has 0 unspecified atom stereocenters. The van der Waals surface area contributed by atoms with Crippen LogP contribution in [0.3, 0.4) is 0 Å². The van der Waals surface area contributed by atoms with Crippen molar-refractivity contribution in [2.24, 2.45) is 11.8 Å². The van der Waals surface area contributed by atoms with Crippen molar-refractivity contribution >= 4 is 11.6 Å². The van der Waals surface area contributed by atoms with Crippen molar-refractivity contribution in [3.05, 3.63) is 66.0 Å². The average Bonchev–Trinajstić information content (AvgIpc) is 2.64. The van der Waals surface area contributed by atoms with E-state index in [4.69, 9.17) is 0 Å². The van der Waals surface area contributed by atoms with Crippen LogP contribution in [-0.2, 0) is 4.79 Å². The zero-order chi connectivity index (χ0) is 16.9. The molecule has 1 saturated carbocycles. The van der Waals surface area contributed by atoms with Gasteiger partial charge in [-0.1, -0.05) is 37.3 Å². The third-order valence-corrected chi connectivity index (χ3v) is 5.28. The number of halogens is 1. The Bertz CT molecular complexity index is 660. The van der Waals surface area contributed by atoms with Crippen LogP contribution >= 0.6 is 0 Å². The predicted octanol–water partition coefficient (Wildman–Crippen LogP) is 5.37. The standard InChI is InChI=1S/C21H24FNO/c1-15(21(24)23-20-13-11-19(22)12-14-20)16-7-9-18(10-8-16)17-5-3-2-4-6-17/h2-6,11-16,18H,7-10H2,1H3,(H,23,24)/t15-,16?,18?/m1/s1. The van der Waals surface area contributed by atoms with Crippen LogP contribution in [0.4, 0.5) is 10.1 Å². The second-order valence-corrected chi connectivity index (χ2v) is 6.81. The minimum absolute atomic E-state index is 0.0215. The molecule has 1 aliphatic rings. The molecule has 126 valence electrons. The van der Waals surface area contributed by atoms with Gasteiger partial charge < -0.3 is 5.32 Å². The predicted molar refractivity (Wildman–Crippen MR) is 95.3 cm³/mol. The lowest BCUT2D eigenvalue weighted by atomic mass is 9.74. The molecule has 1 N–H and O–H groups in total. The topological polar surface area (TPSA) is 29.1 Å². The summed E-state index contributed by atoms with van der Waals surface area (Å²) in [4.78, 5) is 12.4. The summed E-state index contributed by atoms with van der Waals surface area (Å²) in [6, 6.07) is 16.6. The van der Waals surface area contributed by atoms with E-state index in [9.17, 15) is 9.18 Å². The van der Waals surface area contributed by atoms with Crippen molar-refractivity contribution in [1.82, 2.24) is 0 Å². The van der Waals surface area contributed by atoms with Gasteiger partial charge in [0.25, 0.3) is 0 Å². The number of anilines is 1. The maximum Gasteiger partial charge on any atom is 0.227 e. The summed E-state index contributed by atoms with van der Waals surface area (Å²) in [7, 11) is 0. The third-order valence-electron chi connectivity index (χ3n) is 5.28. The molecule has 2 aromatic carbocycles. The molecule has 2 nitrogen and oxygen atoms in total. The Morgan fingerprint density at radius 3 is 2.25 bits per heavy atom. The van der Waals surface area contributed by atoms with Crippen LogP contribution in [0.5, 0.6) is 0 Å². The van der Waals surface area contributed by atoms with E-state index >= 15 is 0 Å². The van der Waals surface area contributed by atoms with Crippen LogP contribution in [-0.4, -0.2) is 5.91 Å². The molecule has 1 atom stereocenters. The molecule has 0 aliphatic heterocycles. The van der Waals surface area contributed by atoms with Gasteiger partial charge in [0.2, 0.25) is 5.91 Å². The van der Waals surface area contributed by atoms with Crippen LogP contribution in [0.25, 0.3) is 0 Å². The van der Waals surface area contributed by atoms with E-state index in [1.165, 1.54) is 17.7 Å². The lowest BCUT2D eigenvalue weighted by Gasteiger charge is -2.32. The molecule has 0 saturated heterocycles. The molecule has 1 amide bonds. The van der Waals surface area contributed by atoms with Crippen molar-refractivity contribution in [3.63, 3.8) is 0 Å². The molecule has 0 radical (unpaired) electrons. The minimum atomic E-state index is -0.291. The monoisotopic (exact) mass is 325 g/mol. The van der Waals surface area contributed by atoms with E-state index in [0.29, 0.717) is 17.5 Å². The largest absolute Gasteiger partial charge is 0.326 e. The van der Waals surface area contributed by atoms with Gasteiger partial charge in [-0.05, 0) is 67.3 Å². The molecule has 3 rings (SSSR count). The normalized spacial score (nSPS) is 21.9. The SMILES string of the molecule is C[C@@H](C(=O)Nc1ccc(F)cc1)C1CCC(c2ccccc2)CC1. The van der Waals surface area contributed by atoms with Gasteiger partial charge in [-0.2, -0.15) is 0 Å². The van der Waals surface area contributed by atoms with Crippen LogP contribution < -0.4 is 5.32 Å². The third kappa shape index (κ3) is 4.02. The van der Waals surface area contributed by atoms with Crippen LogP contribution in [0.15, 0.2) is 54.6 Å². The molecule has 2 aromatic rings. The van der Waals surface area contributed by atoms with Crippen LogP contribution in [0, 0.1) is 17.7 Å². The Morgan fingerprint density at radius 1 is 1.00 bits per heavy atom. The first-order valence-electron chi connectivity index (χ1n) is 8.75. The summed E-state index contributed by atoms with van der Waals surface area (Å²) in [6.45, 7) is 2.01. The highest BCUT2D eigenvalue weighted by molar-refractivity contribution is 5.92. The molecule has 1 aliphatic carbocycles. The van der Waals surface area contributed by atoms with Crippen molar-refractivity contribution in [3.8, 4) is 0 Å². The summed E-state index contributed by atoms with van der Waals surface area (Å²) in [5.74, 6) is 0.761. The van der Waals surface area contributed by atoms with E-state index in [0.717, 1.165) is 25.7 Å². The molecule has 0 aromatic heterocycles. The zero-order valence-electron chi connectivity index (χ0n) is 14.0. The molecule has 1 fully saturated rings. The fourth-order valence-electron chi connectivity index (χ4n) is 3.68. The second kappa shape index (κ2) is 7.61. The lowest BCUT2D eigenvalue weighted by Crippen LogP contribution is -2.29. The van der Waals surface area contributed by atoms with Gasteiger partial charge in [-0.3, -0.25) is 4.79 Å². The molecular formula is C21H24FNO. The minimum Gasteiger partial charge on any atom is -0.326 e. The van der Waals surface area contributed by atoms with E-state index < -0.39 is 0 Å². The van der Waals surface area contributed by atoms with Gasteiger partial charge in [0.1, 0.15) is 5.82 Å². The Kier molecular flexibility index (Phi) is 5.29. The number of amides is 1. The van der Waals surface area contributed by atoms with E-state index in [-0.39, 0.29) is 17.6 Å². The number of rotatable bonds is 4. The first-order valence-corrected chi connectivity index (χ1v) is 8.75. The molecule has 0 heterocycles. The quantitative estimate of drug-likeness (QED) is 0.804. The number of hydrogen-bond donors (Lipinski definition) is 1. The Labute approximate surface area is 143 Å². The highest BCUT2D eigenvalue weighted by Gasteiger charge is 2.29. The maximum atomic E-state index is 12.9. The molecule has 0 bridgehead atoms. The van der Waals surface area contributed by atoms with Crippen LogP contribution in [0.1, 0.15) is 44.1 Å². The number of carbonyl (C=O) groups is 1. The maximum absolute atomic E-state index is 12.9. The van der Waals surface area contributed by atoms with Gasteiger partial charge in [0.05, 0.1) is 0 Å². The molecular weight excluding hydrogens is 301 g/mol. The van der Waals surface area contributed by atoms with Gasteiger partial charge in [-0.15, -0.1) is 0 Å². The summed E-state index contributed by atoms with van der Waals surface area (Å²) in [5, 5.41) is 2.90. The van der Waals surface area contributed by atoms with Gasteiger partial charge >= 0.3 is 0 Å². The Morgan fingerprint density at radius 2 is 1.62 bits per heavy atom. The molecule has 0 spiro atoms. The van der Waals surface area contributed by atoms with Crippen molar-refractivity contribution in [1.29, 1.82) is 0 Å². The number of benzene rings is 2. The van der Waals surface area contributed by atoms with E-state index in [2.05, 4.69) is 35.6 Å². The molecule has 3 heteroatoms. The number of hydrogen-bond acceptors (Lipinski definition) is 1. The van der Waals surface area contributed by atoms with Gasteiger partial charge in [0, 0.05) is 11.6 Å². The van der Waals surface area contributed by atoms with Crippen molar-refractivity contribution in [2.75, 3.05) is 5.32 Å². The molecule has 24 heavy (non-hydrogen) atoms. The Hall–Kier alpha value is -2.16. The Balaban J connectivity index is 1.53. The average molecular weight is 325 g/mol. The van der Waals surface area contributed by atoms with Crippen LogP contribution in [0.2, 0.25) is 0 Å². The summed E-state index contributed by atoms with van der Waals surface area (Å²) in [5.41, 5.74) is 2.07. The zero-order valence-corrected chi connectivity index (χ0v) is 14.0. The van der Waals surface area contributed by atoms with E-state index in [1.54, 1.807) is 12.1 Å². The lowest BCUT2D eigenvalue weighted by molar-refractivity contribution is -0.121. The summed E-state index contributed by atoms with van der Waals surface area (Å²) >= 11 is 0. The van der Waals surface area contributed by atoms with Gasteiger partial charge in [-0.25, -0.2) is 4.39 Å².